The number of hydrogen-bond acceptors (Lipinski definition) is 4. The van der Waals surface area contributed by atoms with Crippen LogP contribution in [0, 0.1) is 11.3 Å². The zero-order chi connectivity index (χ0) is 22.5. The number of fused-ring (bicyclic) bond motifs is 1. The van der Waals surface area contributed by atoms with Crippen molar-refractivity contribution < 1.29 is 9.90 Å². The summed E-state index contributed by atoms with van der Waals surface area (Å²) in [7, 11) is 0. The highest BCUT2D eigenvalue weighted by Crippen LogP contribution is 2.27. The lowest BCUT2D eigenvalue weighted by atomic mass is 10.00. The number of carboxylic acid groups (broad SMARTS) is 1. The van der Waals surface area contributed by atoms with Crippen LogP contribution in [0.2, 0.25) is 0 Å². The summed E-state index contributed by atoms with van der Waals surface area (Å²) in [4.78, 5) is 20.6. The summed E-state index contributed by atoms with van der Waals surface area (Å²) in [6.07, 6.45) is 8.63. The van der Waals surface area contributed by atoms with Crippen LogP contribution >= 0.6 is 0 Å². The Labute approximate surface area is 186 Å². The Morgan fingerprint density at radius 2 is 2.00 bits per heavy atom. The van der Waals surface area contributed by atoms with Crippen molar-refractivity contribution in [2.24, 2.45) is 0 Å². The molecule has 0 saturated carbocycles. The van der Waals surface area contributed by atoms with E-state index in [-0.39, 0.29) is 6.54 Å². The number of carbonyl (C=O) groups is 1. The van der Waals surface area contributed by atoms with Crippen molar-refractivity contribution in [1.29, 1.82) is 5.26 Å². The highest BCUT2D eigenvalue weighted by molar-refractivity contribution is 5.84. The van der Waals surface area contributed by atoms with E-state index in [4.69, 9.17) is 4.98 Å². The maximum Gasteiger partial charge on any atom is 0.323 e. The fourth-order valence-electron chi connectivity index (χ4n) is 3.94. The van der Waals surface area contributed by atoms with Gasteiger partial charge in [0.05, 0.1) is 22.7 Å². The van der Waals surface area contributed by atoms with E-state index in [0.717, 1.165) is 60.1 Å². The lowest BCUT2D eigenvalue weighted by Gasteiger charge is -2.05. The van der Waals surface area contributed by atoms with E-state index in [2.05, 4.69) is 18.0 Å². The van der Waals surface area contributed by atoms with Crippen LogP contribution < -0.4 is 0 Å². The van der Waals surface area contributed by atoms with Crippen molar-refractivity contribution in [3.63, 3.8) is 0 Å². The predicted molar refractivity (Wildman–Crippen MR) is 122 cm³/mol. The van der Waals surface area contributed by atoms with Gasteiger partial charge in [0, 0.05) is 12.6 Å². The summed E-state index contributed by atoms with van der Waals surface area (Å²) in [5, 5.41) is 18.7. The minimum Gasteiger partial charge on any atom is -0.480 e. The molecule has 0 saturated heterocycles. The predicted octanol–water partition coefficient (Wildman–Crippen LogP) is 4.97. The third kappa shape index (κ3) is 4.40. The second-order valence-electron chi connectivity index (χ2n) is 7.82. The van der Waals surface area contributed by atoms with E-state index in [1.807, 2.05) is 41.0 Å². The van der Waals surface area contributed by atoms with Crippen LogP contribution in [0.5, 0.6) is 0 Å². The fraction of sp³-hybridized carbons (Fsp3) is 0.280. The van der Waals surface area contributed by atoms with E-state index in [9.17, 15) is 15.2 Å². The van der Waals surface area contributed by atoms with Crippen LogP contribution in [0.25, 0.3) is 28.0 Å². The molecule has 7 nitrogen and oxygen atoms in total. The van der Waals surface area contributed by atoms with Crippen molar-refractivity contribution >= 4 is 17.0 Å². The topological polar surface area (TPSA) is 96.7 Å². The lowest BCUT2D eigenvalue weighted by molar-refractivity contribution is -0.137. The van der Waals surface area contributed by atoms with Gasteiger partial charge in [0.1, 0.15) is 18.7 Å². The third-order valence-corrected chi connectivity index (χ3v) is 5.56. The van der Waals surface area contributed by atoms with Crippen molar-refractivity contribution in [3.8, 4) is 23.0 Å². The number of rotatable bonds is 9. The summed E-state index contributed by atoms with van der Waals surface area (Å²) >= 11 is 0. The second kappa shape index (κ2) is 9.48. The van der Waals surface area contributed by atoms with Gasteiger partial charge in [-0.1, -0.05) is 50.5 Å². The largest absolute Gasteiger partial charge is 0.480 e. The fourth-order valence-corrected chi connectivity index (χ4v) is 3.94. The quantitative estimate of drug-likeness (QED) is 0.381. The molecule has 1 N–H and O–H groups in total. The Kier molecular flexibility index (Phi) is 6.31. The molecule has 2 aromatic carbocycles. The van der Waals surface area contributed by atoms with Gasteiger partial charge in [0.25, 0.3) is 0 Å². The Hall–Kier alpha value is -3.92. The first-order valence-corrected chi connectivity index (χ1v) is 10.9. The first-order chi connectivity index (χ1) is 15.6. The molecular weight excluding hydrogens is 402 g/mol. The smallest absolute Gasteiger partial charge is 0.323 e. The van der Waals surface area contributed by atoms with E-state index in [0.29, 0.717) is 11.4 Å². The first kappa shape index (κ1) is 21.3. The van der Waals surface area contributed by atoms with Crippen LogP contribution in [0.3, 0.4) is 0 Å². The number of nitrogens with zero attached hydrogens (tertiary/aromatic N) is 5. The van der Waals surface area contributed by atoms with Gasteiger partial charge < -0.3 is 9.67 Å². The van der Waals surface area contributed by atoms with Crippen molar-refractivity contribution in [2.75, 3.05) is 0 Å². The standard InChI is InChI=1S/C25H25N5O2/c1-2-3-4-5-10-23-28-24(15-29(23)16-25(31)32)30-17-27-21-13-18(11-12-22(21)30)20-9-7-6-8-19(20)14-26/h6-9,11-13,15,17H,2-5,10,16H2,1H3,(H,31,32). The Bertz CT molecular complexity index is 1300. The van der Waals surface area contributed by atoms with Gasteiger partial charge in [-0.3, -0.25) is 9.36 Å². The lowest BCUT2D eigenvalue weighted by Crippen LogP contribution is -2.11. The van der Waals surface area contributed by atoms with E-state index in [1.165, 1.54) is 0 Å². The molecule has 4 rings (SSSR count). The number of benzene rings is 2. The SMILES string of the molecule is CCCCCCc1nc(-n2cnc3cc(-c4ccccc4C#N)ccc32)cn1CC(=O)O. The zero-order valence-corrected chi connectivity index (χ0v) is 18.0. The van der Waals surface area contributed by atoms with Gasteiger partial charge in [-0.05, 0) is 35.7 Å². The zero-order valence-electron chi connectivity index (χ0n) is 18.0. The van der Waals surface area contributed by atoms with E-state index >= 15 is 0 Å². The number of hydrogen-bond donors (Lipinski definition) is 1. The van der Waals surface area contributed by atoms with E-state index in [1.54, 1.807) is 23.2 Å². The Morgan fingerprint density at radius 1 is 1.16 bits per heavy atom. The summed E-state index contributed by atoms with van der Waals surface area (Å²) < 4.78 is 3.59. The Balaban J connectivity index is 1.68. The van der Waals surface area contributed by atoms with Gasteiger partial charge >= 0.3 is 5.97 Å². The molecule has 0 unspecified atom stereocenters. The van der Waals surface area contributed by atoms with Crippen LogP contribution in [-0.2, 0) is 17.8 Å². The maximum absolute atomic E-state index is 11.3. The highest BCUT2D eigenvalue weighted by atomic mass is 16.4. The average Bonchev–Trinajstić information content (AvgIpc) is 3.39. The first-order valence-electron chi connectivity index (χ1n) is 10.9. The van der Waals surface area contributed by atoms with Gasteiger partial charge in [0.15, 0.2) is 5.82 Å². The molecule has 4 aromatic rings. The minimum absolute atomic E-state index is 0.113. The number of aryl methyl sites for hydroxylation is 1. The molecular formula is C25H25N5O2. The molecule has 2 heterocycles. The molecule has 0 aliphatic heterocycles. The Morgan fingerprint density at radius 3 is 2.78 bits per heavy atom. The summed E-state index contributed by atoms with van der Waals surface area (Å²) in [6, 6.07) is 15.6. The normalized spacial score (nSPS) is 11.0. The monoisotopic (exact) mass is 427 g/mol. The van der Waals surface area contributed by atoms with Gasteiger partial charge in [-0.2, -0.15) is 5.26 Å². The summed E-state index contributed by atoms with van der Waals surface area (Å²) in [5.41, 5.74) is 4.07. The maximum atomic E-state index is 11.3. The van der Waals surface area contributed by atoms with Crippen LogP contribution in [0.15, 0.2) is 55.0 Å². The molecule has 0 fully saturated rings. The van der Waals surface area contributed by atoms with E-state index < -0.39 is 5.97 Å². The van der Waals surface area contributed by atoms with Gasteiger partial charge in [-0.15, -0.1) is 0 Å². The van der Waals surface area contributed by atoms with Crippen LogP contribution in [0.1, 0.15) is 44.0 Å². The molecule has 0 radical (unpaired) electrons. The molecule has 0 aliphatic carbocycles. The summed E-state index contributed by atoms with van der Waals surface area (Å²) in [5.74, 6) is 0.546. The molecule has 7 heteroatoms. The van der Waals surface area contributed by atoms with Crippen molar-refractivity contribution in [3.05, 3.63) is 66.4 Å². The number of nitriles is 1. The minimum atomic E-state index is -0.889. The average molecular weight is 428 g/mol. The third-order valence-electron chi connectivity index (χ3n) is 5.56. The molecule has 0 aliphatic rings. The number of unbranched alkanes of at least 4 members (excludes halogenated alkanes) is 3. The van der Waals surface area contributed by atoms with Crippen LogP contribution in [0.4, 0.5) is 0 Å². The highest BCUT2D eigenvalue weighted by Gasteiger charge is 2.15. The number of carboxylic acids is 1. The second-order valence-corrected chi connectivity index (χ2v) is 7.82. The number of aromatic nitrogens is 4. The van der Waals surface area contributed by atoms with Crippen LogP contribution in [-0.4, -0.2) is 30.2 Å². The molecule has 32 heavy (non-hydrogen) atoms. The van der Waals surface area contributed by atoms with Gasteiger partial charge in [-0.25, -0.2) is 9.97 Å². The van der Waals surface area contributed by atoms with Crippen molar-refractivity contribution in [2.45, 2.75) is 45.6 Å². The van der Waals surface area contributed by atoms with Crippen molar-refractivity contribution in [1.82, 2.24) is 19.1 Å². The molecule has 0 spiro atoms. The molecule has 0 bridgehead atoms. The van der Waals surface area contributed by atoms with Gasteiger partial charge in [0.2, 0.25) is 0 Å². The molecule has 0 atom stereocenters. The summed E-state index contributed by atoms with van der Waals surface area (Å²) in [6.45, 7) is 2.05. The molecule has 0 amide bonds. The molecule has 2 aromatic heterocycles. The number of aliphatic carboxylic acids is 1. The number of imidazole rings is 2. The molecule has 162 valence electrons.